The fourth-order valence-electron chi connectivity index (χ4n) is 1.28. The highest BCUT2D eigenvalue weighted by Crippen LogP contribution is 2.35. The van der Waals surface area contributed by atoms with E-state index in [4.69, 9.17) is 0 Å². The first-order valence-corrected chi connectivity index (χ1v) is 4.25. The molecular weight excluding hydrogens is 247 g/mol. The molecule has 1 rings (SSSR count). The third-order valence-corrected chi connectivity index (χ3v) is 2.05. The highest BCUT2D eigenvalue weighted by atomic mass is 19.4. The molecule has 0 aliphatic rings. The number of benzene rings is 1. The van der Waals surface area contributed by atoms with E-state index in [1.165, 1.54) is 0 Å². The Balaban J connectivity index is 3.56. The van der Waals surface area contributed by atoms with Crippen molar-refractivity contribution in [2.45, 2.75) is 12.6 Å². The lowest BCUT2D eigenvalue weighted by Gasteiger charge is -2.12. The van der Waals surface area contributed by atoms with E-state index < -0.39 is 34.9 Å². The summed E-state index contributed by atoms with van der Waals surface area (Å²) in [7, 11) is 0. The van der Waals surface area contributed by atoms with Gasteiger partial charge in [-0.15, -0.1) is 0 Å². The van der Waals surface area contributed by atoms with Crippen molar-refractivity contribution in [1.29, 1.82) is 0 Å². The maximum absolute atomic E-state index is 12.4. The molecule has 1 aromatic carbocycles. The van der Waals surface area contributed by atoms with Gasteiger partial charge < -0.3 is 0 Å². The Morgan fingerprint density at radius 3 is 1.88 bits per heavy atom. The highest BCUT2D eigenvalue weighted by Gasteiger charge is 2.35. The average molecular weight is 252 g/mol. The quantitative estimate of drug-likeness (QED) is 0.611. The highest BCUT2D eigenvalue weighted by molar-refractivity contribution is 5.85. The van der Waals surface area contributed by atoms with Crippen LogP contribution in [0.15, 0.2) is 12.1 Å². The van der Waals surface area contributed by atoms with Gasteiger partial charge in [-0.3, -0.25) is 9.59 Å². The number of carbonyl (C=O) groups is 2. The predicted octanol–water partition coefficient (Wildman–Crippen LogP) is 3.27. The largest absolute Gasteiger partial charge is 0.417 e. The van der Waals surface area contributed by atoms with Gasteiger partial charge in [0.2, 0.25) is 0 Å². The van der Waals surface area contributed by atoms with Crippen LogP contribution in [0.3, 0.4) is 0 Å². The van der Waals surface area contributed by atoms with Crippen LogP contribution in [-0.4, -0.2) is 12.6 Å². The summed E-state index contributed by atoms with van der Waals surface area (Å²) in [5.74, 6) is 0. The molecule has 0 atom stereocenters. The molecule has 0 aromatic heterocycles. The van der Waals surface area contributed by atoms with Gasteiger partial charge in [0.25, 0.3) is 6.43 Å². The third-order valence-electron chi connectivity index (χ3n) is 2.05. The van der Waals surface area contributed by atoms with Crippen LogP contribution >= 0.6 is 0 Å². The molecule has 1 aromatic rings. The zero-order valence-electron chi connectivity index (χ0n) is 8.09. The molecular formula is C10H5F5O2. The zero-order chi connectivity index (χ0) is 13.2. The van der Waals surface area contributed by atoms with E-state index in [-0.39, 0.29) is 18.6 Å². The van der Waals surface area contributed by atoms with Crippen LogP contribution in [0.1, 0.15) is 38.3 Å². The minimum absolute atomic E-state index is 0.0192. The van der Waals surface area contributed by atoms with E-state index in [0.717, 1.165) is 0 Å². The van der Waals surface area contributed by atoms with Crippen molar-refractivity contribution in [3.63, 3.8) is 0 Å². The van der Waals surface area contributed by atoms with Crippen LogP contribution in [0.2, 0.25) is 0 Å². The van der Waals surface area contributed by atoms with Crippen molar-refractivity contribution in [1.82, 2.24) is 0 Å². The molecule has 0 fully saturated rings. The van der Waals surface area contributed by atoms with Crippen LogP contribution < -0.4 is 0 Å². The average Bonchev–Trinajstić information content (AvgIpc) is 2.25. The Morgan fingerprint density at radius 2 is 1.53 bits per heavy atom. The van der Waals surface area contributed by atoms with Crippen LogP contribution in [0.5, 0.6) is 0 Å². The predicted molar refractivity (Wildman–Crippen MR) is 47.2 cm³/mol. The van der Waals surface area contributed by atoms with E-state index in [1.807, 2.05) is 0 Å². The van der Waals surface area contributed by atoms with Gasteiger partial charge in [0.05, 0.1) is 5.56 Å². The summed E-state index contributed by atoms with van der Waals surface area (Å²) in [6.07, 6.45) is -8.31. The Morgan fingerprint density at radius 1 is 1.00 bits per heavy atom. The van der Waals surface area contributed by atoms with Gasteiger partial charge in [-0.1, -0.05) is 0 Å². The normalized spacial score (nSPS) is 11.6. The summed E-state index contributed by atoms with van der Waals surface area (Å²) in [6, 6.07) is 0.627. The molecule has 92 valence electrons. The second-order valence-corrected chi connectivity index (χ2v) is 3.10. The van der Waals surface area contributed by atoms with Crippen molar-refractivity contribution in [3.8, 4) is 0 Å². The van der Waals surface area contributed by atoms with Gasteiger partial charge in [-0.05, 0) is 12.1 Å². The molecule has 0 heterocycles. The van der Waals surface area contributed by atoms with Crippen LogP contribution in [0.25, 0.3) is 0 Å². The third kappa shape index (κ3) is 2.66. The Labute approximate surface area is 92.0 Å². The Hall–Kier alpha value is -1.79. The summed E-state index contributed by atoms with van der Waals surface area (Å²) in [6.45, 7) is 0. The van der Waals surface area contributed by atoms with Gasteiger partial charge in [-0.2, -0.15) is 13.2 Å². The Kier molecular flexibility index (Phi) is 3.59. The first kappa shape index (κ1) is 13.3. The van der Waals surface area contributed by atoms with E-state index in [0.29, 0.717) is 6.07 Å². The molecule has 7 heteroatoms. The second kappa shape index (κ2) is 4.60. The monoisotopic (exact) mass is 252 g/mol. The number of hydrogen-bond donors (Lipinski definition) is 0. The van der Waals surface area contributed by atoms with E-state index in [1.54, 1.807) is 0 Å². The molecule has 2 nitrogen and oxygen atoms in total. The maximum atomic E-state index is 12.4. The molecule has 17 heavy (non-hydrogen) atoms. The SMILES string of the molecule is O=Cc1cc(C=O)c(C(F)(F)F)cc1C(F)F. The van der Waals surface area contributed by atoms with Crippen molar-refractivity contribution in [2.24, 2.45) is 0 Å². The zero-order valence-corrected chi connectivity index (χ0v) is 8.09. The lowest BCUT2D eigenvalue weighted by molar-refractivity contribution is -0.137. The van der Waals surface area contributed by atoms with E-state index in [2.05, 4.69) is 0 Å². The van der Waals surface area contributed by atoms with Crippen molar-refractivity contribution >= 4 is 12.6 Å². The molecule has 0 spiro atoms. The molecule has 0 aliphatic heterocycles. The summed E-state index contributed by atoms with van der Waals surface area (Å²) in [5.41, 5.74) is -3.99. The summed E-state index contributed by atoms with van der Waals surface area (Å²) in [4.78, 5) is 20.9. The van der Waals surface area contributed by atoms with Crippen LogP contribution in [0.4, 0.5) is 22.0 Å². The number of alkyl halides is 5. The Bertz CT molecular complexity index is 451. The fraction of sp³-hybridized carbons (Fsp3) is 0.200. The lowest BCUT2D eigenvalue weighted by atomic mass is 9.99. The fourth-order valence-corrected chi connectivity index (χ4v) is 1.28. The summed E-state index contributed by atoms with van der Waals surface area (Å²) < 4.78 is 62.1. The molecule has 0 radical (unpaired) electrons. The number of carbonyl (C=O) groups excluding carboxylic acids is 2. The molecule has 0 saturated carbocycles. The molecule has 0 N–H and O–H groups in total. The topological polar surface area (TPSA) is 34.1 Å². The summed E-state index contributed by atoms with van der Waals surface area (Å²) in [5, 5.41) is 0. The molecule has 0 saturated heterocycles. The first-order valence-electron chi connectivity index (χ1n) is 4.25. The van der Waals surface area contributed by atoms with Crippen molar-refractivity contribution in [3.05, 3.63) is 34.4 Å². The minimum atomic E-state index is -4.93. The number of rotatable bonds is 3. The van der Waals surface area contributed by atoms with E-state index in [9.17, 15) is 31.5 Å². The standard InChI is InChI=1S/C10H5F5O2/c11-9(12)7-2-8(10(13,14)15)6(4-17)1-5(7)3-16/h1-4,9H. The first-order chi connectivity index (χ1) is 7.81. The summed E-state index contributed by atoms with van der Waals surface area (Å²) >= 11 is 0. The van der Waals surface area contributed by atoms with E-state index >= 15 is 0 Å². The second-order valence-electron chi connectivity index (χ2n) is 3.10. The van der Waals surface area contributed by atoms with Gasteiger partial charge >= 0.3 is 6.18 Å². The molecule has 0 aliphatic carbocycles. The van der Waals surface area contributed by atoms with Crippen molar-refractivity contribution in [2.75, 3.05) is 0 Å². The van der Waals surface area contributed by atoms with Gasteiger partial charge in [0.15, 0.2) is 12.6 Å². The molecule has 0 amide bonds. The number of hydrogen-bond acceptors (Lipinski definition) is 2. The van der Waals surface area contributed by atoms with Gasteiger partial charge in [0, 0.05) is 16.7 Å². The number of aldehydes is 2. The smallest absolute Gasteiger partial charge is 0.298 e. The van der Waals surface area contributed by atoms with Crippen LogP contribution in [-0.2, 0) is 6.18 Å². The number of halogens is 5. The maximum Gasteiger partial charge on any atom is 0.417 e. The van der Waals surface area contributed by atoms with Crippen molar-refractivity contribution < 1.29 is 31.5 Å². The minimum Gasteiger partial charge on any atom is -0.298 e. The molecule has 0 bridgehead atoms. The van der Waals surface area contributed by atoms with Gasteiger partial charge in [0.1, 0.15) is 0 Å². The van der Waals surface area contributed by atoms with Crippen LogP contribution in [0, 0.1) is 0 Å². The molecule has 0 unspecified atom stereocenters. The van der Waals surface area contributed by atoms with Gasteiger partial charge in [-0.25, -0.2) is 8.78 Å². The lowest BCUT2D eigenvalue weighted by Crippen LogP contribution is -2.11.